The van der Waals surface area contributed by atoms with Gasteiger partial charge >= 0.3 is 0 Å². The van der Waals surface area contributed by atoms with E-state index in [4.69, 9.17) is 9.72 Å². The number of rotatable bonds is 7. The van der Waals surface area contributed by atoms with Crippen LogP contribution in [0.25, 0.3) is 10.9 Å². The molecule has 1 fully saturated rings. The van der Waals surface area contributed by atoms with Crippen molar-refractivity contribution in [3.8, 4) is 0 Å². The van der Waals surface area contributed by atoms with Crippen molar-refractivity contribution in [3.63, 3.8) is 0 Å². The topological polar surface area (TPSA) is 44.1 Å². The number of halogens is 1. The van der Waals surface area contributed by atoms with Crippen molar-refractivity contribution in [3.05, 3.63) is 33.0 Å². The predicted octanol–water partition coefficient (Wildman–Crippen LogP) is 4.62. The van der Waals surface area contributed by atoms with E-state index in [1.54, 1.807) is 11.8 Å². The molecule has 1 aliphatic carbocycles. The highest BCUT2D eigenvalue weighted by molar-refractivity contribution is 9.10. The molecule has 1 aliphatic rings. The minimum Gasteiger partial charge on any atom is -0.382 e. The van der Waals surface area contributed by atoms with Crippen molar-refractivity contribution in [2.45, 2.75) is 56.0 Å². The molecule has 0 radical (unpaired) electrons. The third-order valence-corrected chi connectivity index (χ3v) is 6.15. The zero-order valence-electron chi connectivity index (χ0n) is 14.0. The molecular formula is C18H23BrN2O2S. The summed E-state index contributed by atoms with van der Waals surface area (Å²) >= 11 is 5.23. The Hall–Kier alpha value is -0.850. The Morgan fingerprint density at radius 3 is 2.92 bits per heavy atom. The lowest BCUT2D eigenvalue weighted by Gasteiger charge is -2.16. The molecule has 0 N–H and O–H groups in total. The van der Waals surface area contributed by atoms with Gasteiger partial charge in [-0.15, -0.1) is 0 Å². The second kappa shape index (κ2) is 8.50. The van der Waals surface area contributed by atoms with Gasteiger partial charge in [0.15, 0.2) is 5.16 Å². The number of aromatic nitrogens is 2. The Bertz CT molecular complexity index is 757. The van der Waals surface area contributed by atoms with Gasteiger partial charge in [-0.1, -0.05) is 40.5 Å². The maximum Gasteiger partial charge on any atom is 0.262 e. The van der Waals surface area contributed by atoms with Gasteiger partial charge in [0, 0.05) is 29.5 Å². The maximum atomic E-state index is 13.0. The van der Waals surface area contributed by atoms with E-state index < -0.39 is 0 Å². The van der Waals surface area contributed by atoms with E-state index in [1.165, 1.54) is 25.7 Å². The molecule has 6 heteroatoms. The van der Waals surface area contributed by atoms with Crippen molar-refractivity contribution >= 4 is 38.6 Å². The lowest BCUT2D eigenvalue weighted by Crippen LogP contribution is -2.24. The number of fused-ring (bicyclic) bond motifs is 1. The van der Waals surface area contributed by atoms with Crippen LogP contribution in [0.5, 0.6) is 0 Å². The summed E-state index contributed by atoms with van der Waals surface area (Å²) in [6.07, 6.45) is 5.84. The molecule has 1 aromatic carbocycles. The van der Waals surface area contributed by atoms with Crippen molar-refractivity contribution in [2.24, 2.45) is 0 Å². The number of thioether (sulfide) groups is 1. The smallest absolute Gasteiger partial charge is 0.262 e. The number of hydrogen-bond donors (Lipinski definition) is 0. The van der Waals surface area contributed by atoms with E-state index in [0.717, 1.165) is 21.6 Å². The fraction of sp³-hybridized carbons (Fsp3) is 0.556. The van der Waals surface area contributed by atoms with Crippen LogP contribution in [-0.2, 0) is 11.3 Å². The van der Waals surface area contributed by atoms with E-state index in [2.05, 4.69) is 15.9 Å². The summed E-state index contributed by atoms with van der Waals surface area (Å²) in [5.74, 6) is 0. The average Bonchev–Trinajstić information content (AvgIpc) is 3.08. The average molecular weight is 411 g/mol. The Labute approximate surface area is 155 Å². The Balaban J connectivity index is 1.95. The van der Waals surface area contributed by atoms with Gasteiger partial charge in [0.1, 0.15) is 0 Å². The number of ether oxygens (including phenoxy) is 1. The monoisotopic (exact) mass is 410 g/mol. The van der Waals surface area contributed by atoms with Crippen LogP contribution in [-0.4, -0.2) is 28.0 Å². The Morgan fingerprint density at radius 2 is 2.17 bits per heavy atom. The highest BCUT2D eigenvalue weighted by Gasteiger charge is 2.20. The quantitative estimate of drug-likeness (QED) is 0.493. The molecule has 0 bridgehead atoms. The summed E-state index contributed by atoms with van der Waals surface area (Å²) in [6, 6.07) is 5.73. The fourth-order valence-corrected chi connectivity index (χ4v) is 4.76. The molecule has 1 saturated carbocycles. The first-order valence-electron chi connectivity index (χ1n) is 8.63. The van der Waals surface area contributed by atoms with Crippen LogP contribution >= 0.6 is 27.7 Å². The molecule has 2 aromatic rings. The minimum absolute atomic E-state index is 0.0540. The first-order valence-corrected chi connectivity index (χ1v) is 10.3. The number of hydrogen-bond acceptors (Lipinski definition) is 4. The molecule has 0 spiro atoms. The van der Waals surface area contributed by atoms with Gasteiger partial charge in [0.25, 0.3) is 5.56 Å². The van der Waals surface area contributed by atoms with Crippen LogP contribution in [0.2, 0.25) is 0 Å². The molecule has 1 heterocycles. The summed E-state index contributed by atoms with van der Waals surface area (Å²) in [6.45, 7) is 4.03. The van der Waals surface area contributed by atoms with Crippen LogP contribution in [0.1, 0.15) is 39.0 Å². The molecule has 4 nitrogen and oxygen atoms in total. The van der Waals surface area contributed by atoms with Crippen molar-refractivity contribution in [2.75, 3.05) is 13.2 Å². The van der Waals surface area contributed by atoms with Crippen molar-refractivity contribution < 1.29 is 4.74 Å². The maximum absolute atomic E-state index is 13.0. The molecule has 0 aliphatic heterocycles. The Kier molecular flexibility index (Phi) is 6.36. The fourth-order valence-electron chi connectivity index (χ4n) is 3.08. The van der Waals surface area contributed by atoms with Crippen LogP contribution in [0, 0.1) is 0 Å². The van der Waals surface area contributed by atoms with Gasteiger partial charge in [-0.05, 0) is 44.4 Å². The SMILES string of the molecule is CCOCCCn1c(SC2CCCC2)nc2ccc(Br)cc2c1=O. The van der Waals surface area contributed by atoms with E-state index in [0.29, 0.717) is 30.4 Å². The second-order valence-corrected chi connectivity index (χ2v) is 8.27. The molecule has 0 atom stereocenters. The molecule has 24 heavy (non-hydrogen) atoms. The third-order valence-electron chi connectivity index (χ3n) is 4.33. The summed E-state index contributed by atoms with van der Waals surface area (Å²) in [4.78, 5) is 17.8. The van der Waals surface area contributed by atoms with Gasteiger partial charge in [-0.2, -0.15) is 0 Å². The molecule has 130 valence electrons. The van der Waals surface area contributed by atoms with E-state index >= 15 is 0 Å². The summed E-state index contributed by atoms with van der Waals surface area (Å²) in [5.41, 5.74) is 0.836. The second-order valence-electron chi connectivity index (χ2n) is 6.09. The highest BCUT2D eigenvalue weighted by Crippen LogP contribution is 2.34. The molecule has 0 saturated heterocycles. The lowest BCUT2D eigenvalue weighted by molar-refractivity contribution is 0.140. The van der Waals surface area contributed by atoms with Gasteiger partial charge in [0.2, 0.25) is 0 Å². The van der Waals surface area contributed by atoms with E-state index in [-0.39, 0.29) is 5.56 Å². The number of benzene rings is 1. The summed E-state index contributed by atoms with van der Waals surface area (Å²) in [7, 11) is 0. The first-order chi connectivity index (χ1) is 11.7. The van der Waals surface area contributed by atoms with E-state index in [9.17, 15) is 4.79 Å². The molecule has 0 unspecified atom stereocenters. The lowest BCUT2D eigenvalue weighted by atomic mass is 10.2. The zero-order valence-corrected chi connectivity index (χ0v) is 16.4. The van der Waals surface area contributed by atoms with Crippen molar-refractivity contribution in [1.29, 1.82) is 0 Å². The first kappa shape index (κ1) is 18.0. The largest absolute Gasteiger partial charge is 0.382 e. The van der Waals surface area contributed by atoms with Gasteiger partial charge in [-0.3, -0.25) is 9.36 Å². The van der Waals surface area contributed by atoms with Crippen LogP contribution < -0.4 is 5.56 Å². The minimum atomic E-state index is 0.0540. The summed E-state index contributed by atoms with van der Waals surface area (Å²) < 4.78 is 8.18. The Morgan fingerprint density at radius 1 is 1.38 bits per heavy atom. The molecule has 3 rings (SSSR count). The highest BCUT2D eigenvalue weighted by atomic mass is 79.9. The van der Waals surface area contributed by atoms with E-state index in [1.807, 2.05) is 29.7 Å². The molecular weight excluding hydrogens is 388 g/mol. The predicted molar refractivity (Wildman–Crippen MR) is 103 cm³/mol. The molecule has 0 amide bonds. The number of nitrogens with zero attached hydrogens (tertiary/aromatic N) is 2. The van der Waals surface area contributed by atoms with Gasteiger partial charge in [0.05, 0.1) is 10.9 Å². The normalized spacial score (nSPS) is 15.4. The van der Waals surface area contributed by atoms with Gasteiger partial charge in [-0.25, -0.2) is 4.98 Å². The summed E-state index contributed by atoms with van der Waals surface area (Å²) in [5, 5.41) is 2.12. The third kappa shape index (κ3) is 4.21. The molecule has 1 aromatic heterocycles. The van der Waals surface area contributed by atoms with Crippen LogP contribution in [0.4, 0.5) is 0 Å². The standard InChI is InChI=1S/C18H23BrN2O2S/c1-2-23-11-5-10-21-17(22)15-12-13(19)8-9-16(15)20-18(21)24-14-6-3-4-7-14/h8-9,12,14H,2-7,10-11H2,1H3. The van der Waals surface area contributed by atoms with Crippen LogP contribution in [0.3, 0.4) is 0 Å². The van der Waals surface area contributed by atoms with Crippen molar-refractivity contribution in [1.82, 2.24) is 9.55 Å². The zero-order chi connectivity index (χ0) is 16.9. The van der Waals surface area contributed by atoms with Crippen LogP contribution in [0.15, 0.2) is 32.6 Å². The van der Waals surface area contributed by atoms with Gasteiger partial charge < -0.3 is 4.74 Å².